The van der Waals surface area contributed by atoms with Gasteiger partial charge in [0.15, 0.2) is 0 Å². The Hall–Kier alpha value is -2.41. The van der Waals surface area contributed by atoms with Crippen LogP contribution in [0.3, 0.4) is 0 Å². The highest BCUT2D eigenvalue weighted by molar-refractivity contribution is 7.11. The number of nitrogens with one attached hydrogen (secondary N) is 2. The lowest BCUT2D eigenvalue weighted by Gasteiger charge is -2.08. The fourth-order valence-corrected chi connectivity index (χ4v) is 3.29. The highest BCUT2D eigenvalue weighted by atomic mass is 32.1. The summed E-state index contributed by atoms with van der Waals surface area (Å²) in [6, 6.07) is 7.68. The number of methoxy groups -OCH3 is 1. The van der Waals surface area contributed by atoms with Crippen LogP contribution in [0.2, 0.25) is 0 Å². The third-order valence-corrected chi connectivity index (χ3v) is 4.84. The monoisotopic (exact) mass is 331 g/mol. The van der Waals surface area contributed by atoms with Gasteiger partial charge in [-0.05, 0) is 30.9 Å². The minimum atomic E-state index is -0.340. The van der Waals surface area contributed by atoms with Crippen molar-refractivity contribution in [2.24, 2.45) is 5.92 Å². The summed E-state index contributed by atoms with van der Waals surface area (Å²) in [4.78, 5) is 28.6. The summed E-state index contributed by atoms with van der Waals surface area (Å²) in [7, 11) is 1.62. The van der Waals surface area contributed by atoms with Gasteiger partial charge in [0.1, 0.15) is 10.6 Å². The van der Waals surface area contributed by atoms with Crippen molar-refractivity contribution >= 4 is 23.2 Å². The number of aryl methyl sites for hydroxylation is 1. The zero-order valence-electron chi connectivity index (χ0n) is 12.8. The highest BCUT2D eigenvalue weighted by Crippen LogP contribution is 2.50. The van der Waals surface area contributed by atoms with Crippen LogP contribution in [0.5, 0.6) is 5.75 Å². The second-order valence-electron chi connectivity index (χ2n) is 5.40. The SMILES string of the molecule is COc1ccccc1[C@@H]1C[C@H]1C(=O)NNC(=O)c1scnc1C. The van der Waals surface area contributed by atoms with E-state index in [1.165, 1.54) is 11.3 Å². The average molecular weight is 331 g/mol. The van der Waals surface area contributed by atoms with Crippen LogP contribution < -0.4 is 15.6 Å². The molecule has 1 fully saturated rings. The number of nitrogens with zero attached hydrogens (tertiary/aromatic N) is 1. The van der Waals surface area contributed by atoms with E-state index in [4.69, 9.17) is 4.74 Å². The second kappa shape index (κ2) is 6.37. The maximum absolute atomic E-state index is 12.2. The molecule has 1 aliphatic rings. The summed E-state index contributed by atoms with van der Waals surface area (Å²) >= 11 is 1.24. The van der Waals surface area contributed by atoms with Gasteiger partial charge in [0.05, 0.1) is 18.3 Å². The third-order valence-electron chi connectivity index (χ3n) is 3.92. The third kappa shape index (κ3) is 3.19. The number of hydrogen-bond donors (Lipinski definition) is 2. The maximum atomic E-state index is 12.2. The Bertz CT molecular complexity index is 744. The number of hydrogen-bond acceptors (Lipinski definition) is 5. The van der Waals surface area contributed by atoms with Crippen molar-refractivity contribution in [1.29, 1.82) is 0 Å². The van der Waals surface area contributed by atoms with Gasteiger partial charge >= 0.3 is 0 Å². The van der Waals surface area contributed by atoms with Gasteiger partial charge in [0, 0.05) is 5.92 Å². The van der Waals surface area contributed by atoms with E-state index in [1.807, 2.05) is 24.3 Å². The zero-order chi connectivity index (χ0) is 16.4. The summed E-state index contributed by atoms with van der Waals surface area (Å²) in [5.41, 5.74) is 8.23. The first kappa shape index (κ1) is 15.5. The number of rotatable bonds is 4. The van der Waals surface area contributed by atoms with Crippen molar-refractivity contribution in [2.45, 2.75) is 19.3 Å². The molecule has 23 heavy (non-hydrogen) atoms. The first-order valence-corrected chi connectivity index (χ1v) is 8.13. The first-order chi connectivity index (χ1) is 11.1. The molecule has 1 aliphatic carbocycles. The molecule has 0 spiro atoms. The van der Waals surface area contributed by atoms with Crippen LogP contribution in [-0.2, 0) is 4.79 Å². The van der Waals surface area contributed by atoms with Gasteiger partial charge in [-0.3, -0.25) is 20.4 Å². The molecule has 0 radical (unpaired) electrons. The predicted molar refractivity (Wildman–Crippen MR) is 86.3 cm³/mol. The van der Waals surface area contributed by atoms with Gasteiger partial charge in [-0.15, -0.1) is 11.3 Å². The molecule has 2 N–H and O–H groups in total. The number of ether oxygens (including phenoxy) is 1. The van der Waals surface area contributed by atoms with E-state index in [2.05, 4.69) is 15.8 Å². The molecular formula is C16H17N3O3S. The molecule has 0 bridgehead atoms. The topological polar surface area (TPSA) is 80.3 Å². The van der Waals surface area contributed by atoms with Gasteiger partial charge in [-0.25, -0.2) is 4.98 Å². The van der Waals surface area contributed by atoms with Gasteiger partial charge in [0.25, 0.3) is 5.91 Å². The Labute approximate surface area is 137 Å². The largest absolute Gasteiger partial charge is 0.496 e. The molecule has 2 amide bonds. The summed E-state index contributed by atoms with van der Waals surface area (Å²) < 4.78 is 5.33. The molecule has 3 rings (SSSR count). The quantitative estimate of drug-likeness (QED) is 0.840. The van der Waals surface area contributed by atoms with Crippen molar-refractivity contribution < 1.29 is 14.3 Å². The van der Waals surface area contributed by atoms with E-state index in [0.717, 1.165) is 17.7 Å². The van der Waals surface area contributed by atoms with E-state index in [1.54, 1.807) is 19.5 Å². The Balaban J connectivity index is 1.57. The minimum absolute atomic E-state index is 0.133. The molecule has 1 aromatic heterocycles. The maximum Gasteiger partial charge on any atom is 0.281 e. The highest BCUT2D eigenvalue weighted by Gasteiger charge is 2.45. The van der Waals surface area contributed by atoms with E-state index in [9.17, 15) is 9.59 Å². The molecule has 6 nitrogen and oxygen atoms in total. The van der Waals surface area contributed by atoms with E-state index >= 15 is 0 Å². The van der Waals surface area contributed by atoms with Gasteiger partial charge < -0.3 is 4.74 Å². The lowest BCUT2D eigenvalue weighted by molar-refractivity contribution is -0.123. The Morgan fingerprint density at radius 3 is 2.78 bits per heavy atom. The molecule has 0 unspecified atom stereocenters. The molecule has 0 saturated heterocycles. The van der Waals surface area contributed by atoms with E-state index in [0.29, 0.717) is 10.6 Å². The molecule has 7 heteroatoms. The molecule has 0 aliphatic heterocycles. The smallest absolute Gasteiger partial charge is 0.281 e. The van der Waals surface area contributed by atoms with Crippen LogP contribution in [0.1, 0.15) is 33.3 Å². The standard InChI is InChI=1S/C16H17N3O3S/c1-9-14(23-8-17-9)16(21)19-18-15(20)12-7-11(12)10-5-3-4-6-13(10)22-2/h3-6,8,11-12H,7H2,1-2H3,(H,18,20)(H,19,21)/t11-,12+/m0/s1. The second-order valence-corrected chi connectivity index (χ2v) is 6.26. The number of carbonyl (C=O) groups excluding carboxylic acids is 2. The minimum Gasteiger partial charge on any atom is -0.496 e. The van der Waals surface area contributed by atoms with Crippen molar-refractivity contribution in [3.05, 3.63) is 45.9 Å². The molecule has 120 valence electrons. The predicted octanol–water partition coefficient (Wildman–Crippen LogP) is 2.02. The molecular weight excluding hydrogens is 314 g/mol. The van der Waals surface area contributed by atoms with Crippen molar-refractivity contribution in [3.63, 3.8) is 0 Å². The summed E-state index contributed by atoms with van der Waals surface area (Å²) in [6.07, 6.45) is 0.752. The number of thiazole rings is 1. The summed E-state index contributed by atoms with van der Waals surface area (Å²) in [6.45, 7) is 1.76. The van der Waals surface area contributed by atoms with Crippen molar-refractivity contribution in [3.8, 4) is 5.75 Å². The summed E-state index contributed by atoms with van der Waals surface area (Å²) in [5.74, 6) is 0.253. The number of aromatic nitrogens is 1. The van der Waals surface area contributed by atoms with E-state index in [-0.39, 0.29) is 23.7 Å². The molecule has 1 heterocycles. The van der Waals surface area contributed by atoms with Crippen LogP contribution >= 0.6 is 11.3 Å². The molecule has 2 atom stereocenters. The number of benzene rings is 1. The van der Waals surface area contributed by atoms with Gasteiger partial charge in [0.2, 0.25) is 5.91 Å². The molecule has 2 aromatic rings. The van der Waals surface area contributed by atoms with Crippen molar-refractivity contribution in [1.82, 2.24) is 15.8 Å². The Morgan fingerprint density at radius 1 is 1.30 bits per heavy atom. The zero-order valence-corrected chi connectivity index (χ0v) is 13.6. The molecule has 1 aromatic carbocycles. The Morgan fingerprint density at radius 2 is 2.09 bits per heavy atom. The van der Waals surface area contributed by atoms with Crippen LogP contribution in [0, 0.1) is 12.8 Å². The van der Waals surface area contributed by atoms with E-state index < -0.39 is 0 Å². The normalized spacial score (nSPS) is 19.0. The van der Waals surface area contributed by atoms with Crippen LogP contribution in [-0.4, -0.2) is 23.9 Å². The fraction of sp³-hybridized carbons (Fsp3) is 0.312. The van der Waals surface area contributed by atoms with Gasteiger partial charge in [-0.1, -0.05) is 18.2 Å². The summed E-state index contributed by atoms with van der Waals surface area (Å²) in [5, 5.41) is 0. The number of carbonyl (C=O) groups is 2. The lowest BCUT2D eigenvalue weighted by atomic mass is 10.1. The molecule has 1 saturated carbocycles. The number of amides is 2. The number of para-hydroxylation sites is 1. The fourth-order valence-electron chi connectivity index (χ4n) is 2.59. The van der Waals surface area contributed by atoms with Crippen LogP contribution in [0.4, 0.5) is 0 Å². The van der Waals surface area contributed by atoms with Crippen LogP contribution in [0.15, 0.2) is 29.8 Å². The lowest BCUT2D eigenvalue weighted by Crippen LogP contribution is -2.42. The van der Waals surface area contributed by atoms with Gasteiger partial charge in [-0.2, -0.15) is 0 Å². The van der Waals surface area contributed by atoms with Crippen molar-refractivity contribution in [2.75, 3.05) is 7.11 Å². The van der Waals surface area contributed by atoms with Crippen LogP contribution in [0.25, 0.3) is 0 Å². The number of hydrazine groups is 1. The average Bonchev–Trinajstić information content (AvgIpc) is 3.26. The first-order valence-electron chi connectivity index (χ1n) is 7.25. The Kier molecular flexibility index (Phi) is 4.29.